The Morgan fingerprint density at radius 2 is 1.75 bits per heavy atom. The summed E-state index contributed by atoms with van der Waals surface area (Å²) < 4.78 is 11.9. The molecule has 0 aliphatic carbocycles. The molecule has 0 spiro atoms. The topological polar surface area (TPSA) is 133 Å². The maximum absolute atomic E-state index is 9.51. The number of ether oxygens (including phenoxy) is 2. The summed E-state index contributed by atoms with van der Waals surface area (Å²) in [5.41, 5.74) is 9.16. The molecule has 3 aliphatic rings. The van der Waals surface area contributed by atoms with Crippen LogP contribution in [0.15, 0.2) is 36.8 Å². The molecule has 210 valence electrons. The first-order chi connectivity index (χ1) is 19.5. The lowest BCUT2D eigenvalue weighted by molar-refractivity contribution is -0.0327. The van der Waals surface area contributed by atoms with Crippen LogP contribution in [0, 0.1) is 11.3 Å². The van der Waals surface area contributed by atoms with Crippen molar-refractivity contribution in [2.24, 2.45) is 5.73 Å². The minimum absolute atomic E-state index is 0.0000117. The number of hydrogen-bond donors (Lipinski definition) is 1. The van der Waals surface area contributed by atoms with Crippen molar-refractivity contribution in [2.45, 2.75) is 31.3 Å². The van der Waals surface area contributed by atoms with E-state index in [1.807, 2.05) is 24.4 Å². The Bertz CT molecular complexity index is 1370. The second-order valence-corrected chi connectivity index (χ2v) is 10.8. The van der Waals surface area contributed by atoms with Crippen LogP contribution in [0.25, 0.3) is 11.0 Å². The van der Waals surface area contributed by atoms with Gasteiger partial charge in [-0.3, -0.25) is 14.9 Å². The summed E-state index contributed by atoms with van der Waals surface area (Å²) in [7, 11) is 1.70. The molecule has 3 aliphatic heterocycles. The van der Waals surface area contributed by atoms with Crippen molar-refractivity contribution in [2.75, 3.05) is 80.7 Å². The number of methoxy groups -OCH3 is 1. The third-order valence-electron chi connectivity index (χ3n) is 8.07. The van der Waals surface area contributed by atoms with Crippen molar-refractivity contribution in [3.8, 4) is 6.07 Å². The highest BCUT2D eigenvalue weighted by Gasteiger charge is 2.33. The molecular formula is C28H36N10O2. The Kier molecular flexibility index (Phi) is 7.62. The number of nitrogens with zero attached hydrogens (tertiary/aromatic N) is 9. The van der Waals surface area contributed by atoms with Crippen LogP contribution in [0.1, 0.15) is 12.5 Å². The first kappa shape index (κ1) is 26.6. The van der Waals surface area contributed by atoms with Crippen LogP contribution < -0.4 is 20.4 Å². The van der Waals surface area contributed by atoms with Crippen molar-refractivity contribution in [1.82, 2.24) is 24.8 Å². The van der Waals surface area contributed by atoms with Gasteiger partial charge in [0.15, 0.2) is 0 Å². The normalized spacial score (nSPS) is 25.9. The summed E-state index contributed by atoms with van der Waals surface area (Å²) in [5.74, 6) is 1.65. The first-order valence-electron chi connectivity index (χ1n) is 13.9. The van der Waals surface area contributed by atoms with Crippen LogP contribution in [0.2, 0.25) is 0 Å². The molecule has 1 unspecified atom stereocenters. The molecule has 12 heteroatoms. The van der Waals surface area contributed by atoms with E-state index < -0.39 is 0 Å². The second-order valence-electron chi connectivity index (χ2n) is 10.8. The largest absolute Gasteiger partial charge is 0.378 e. The minimum atomic E-state index is -0.0370. The van der Waals surface area contributed by atoms with Gasteiger partial charge in [0.25, 0.3) is 0 Å². The fraction of sp³-hybridized carbons (Fsp3) is 0.536. The molecule has 0 bridgehead atoms. The van der Waals surface area contributed by atoms with Gasteiger partial charge in [0, 0.05) is 84.6 Å². The van der Waals surface area contributed by atoms with E-state index in [0.717, 1.165) is 62.8 Å². The number of morpholine rings is 1. The number of nitrogens with two attached hydrogens (primary N) is 1. The number of rotatable bonds is 6. The SMILES string of the molecule is COC1CN(c2nccc(N3CCN(C[C@H]4CN(c5ccc(C#N)c6nccnc56)C[C@@H](C)O4)CC3)n2)C[C@@H]1N. The van der Waals surface area contributed by atoms with E-state index >= 15 is 0 Å². The maximum Gasteiger partial charge on any atom is 0.227 e. The molecule has 3 aromatic rings. The van der Waals surface area contributed by atoms with Crippen molar-refractivity contribution in [3.05, 3.63) is 42.4 Å². The molecule has 0 saturated carbocycles. The van der Waals surface area contributed by atoms with Crippen molar-refractivity contribution >= 4 is 28.5 Å². The predicted octanol–water partition coefficient (Wildman–Crippen LogP) is 0.870. The standard InChI is InChI=1S/C28H36N10O2/c1-19-14-37(23-4-3-20(13-29)26-27(23)32-8-7-31-26)16-21(40-19)15-35-9-11-36(12-10-35)25-5-6-33-28(34-25)38-17-22(30)24(18-38)39-2/h3-8,19,21-22,24H,9-12,14-18,30H2,1-2H3/t19-,21+,22+,24?/m1/s1. The minimum Gasteiger partial charge on any atom is -0.378 e. The Labute approximate surface area is 234 Å². The number of piperazine rings is 1. The van der Waals surface area contributed by atoms with Gasteiger partial charge in [0.1, 0.15) is 22.9 Å². The van der Waals surface area contributed by atoms with E-state index in [4.69, 9.17) is 20.2 Å². The summed E-state index contributed by atoms with van der Waals surface area (Å²) in [6.07, 6.45) is 5.30. The molecule has 6 rings (SSSR count). The fourth-order valence-corrected chi connectivity index (χ4v) is 6.06. The zero-order valence-corrected chi connectivity index (χ0v) is 23.1. The average Bonchev–Trinajstić information content (AvgIpc) is 3.37. The van der Waals surface area contributed by atoms with Gasteiger partial charge >= 0.3 is 0 Å². The van der Waals surface area contributed by atoms with E-state index in [0.29, 0.717) is 30.1 Å². The van der Waals surface area contributed by atoms with Crippen LogP contribution in [-0.4, -0.2) is 115 Å². The van der Waals surface area contributed by atoms with Gasteiger partial charge in [-0.15, -0.1) is 0 Å². The molecule has 2 aromatic heterocycles. The third-order valence-corrected chi connectivity index (χ3v) is 8.07. The molecule has 0 amide bonds. The molecular weight excluding hydrogens is 508 g/mol. The van der Waals surface area contributed by atoms with Gasteiger partial charge in [-0.2, -0.15) is 10.2 Å². The van der Waals surface area contributed by atoms with E-state index in [1.54, 1.807) is 19.5 Å². The summed E-state index contributed by atoms with van der Waals surface area (Å²) in [4.78, 5) is 27.6. The quantitative estimate of drug-likeness (QED) is 0.472. The first-order valence-corrected chi connectivity index (χ1v) is 13.9. The van der Waals surface area contributed by atoms with Crippen molar-refractivity contribution < 1.29 is 9.47 Å². The maximum atomic E-state index is 9.51. The number of fused-ring (bicyclic) bond motifs is 1. The van der Waals surface area contributed by atoms with Gasteiger partial charge in [0.05, 0.1) is 35.6 Å². The molecule has 0 radical (unpaired) electrons. The molecule has 4 atom stereocenters. The average molecular weight is 545 g/mol. The predicted molar refractivity (Wildman–Crippen MR) is 152 cm³/mol. The zero-order valence-electron chi connectivity index (χ0n) is 23.1. The molecule has 1 aromatic carbocycles. The van der Waals surface area contributed by atoms with Gasteiger partial charge in [-0.05, 0) is 25.1 Å². The van der Waals surface area contributed by atoms with Crippen LogP contribution in [0.5, 0.6) is 0 Å². The molecule has 40 heavy (non-hydrogen) atoms. The Morgan fingerprint density at radius 3 is 2.50 bits per heavy atom. The number of hydrogen-bond acceptors (Lipinski definition) is 12. The number of benzene rings is 1. The Morgan fingerprint density at radius 1 is 0.950 bits per heavy atom. The molecule has 2 N–H and O–H groups in total. The van der Waals surface area contributed by atoms with Crippen LogP contribution in [0.3, 0.4) is 0 Å². The molecule has 5 heterocycles. The highest BCUT2D eigenvalue weighted by atomic mass is 16.5. The summed E-state index contributed by atoms with van der Waals surface area (Å²) in [6.45, 7) is 9.53. The third kappa shape index (κ3) is 5.38. The van der Waals surface area contributed by atoms with Crippen molar-refractivity contribution in [1.29, 1.82) is 5.26 Å². The second kappa shape index (κ2) is 11.5. The van der Waals surface area contributed by atoms with Crippen LogP contribution in [-0.2, 0) is 9.47 Å². The number of nitriles is 1. The van der Waals surface area contributed by atoms with Gasteiger partial charge in [0.2, 0.25) is 5.95 Å². The number of anilines is 3. The van der Waals surface area contributed by atoms with E-state index in [2.05, 4.69) is 47.5 Å². The Hall–Kier alpha value is -3.63. The summed E-state index contributed by atoms with van der Waals surface area (Å²) in [6, 6.07) is 8.01. The van der Waals surface area contributed by atoms with Crippen molar-refractivity contribution in [3.63, 3.8) is 0 Å². The fourth-order valence-electron chi connectivity index (χ4n) is 6.06. The molecule has 3 saturated heterocycles. The van der Waals surface area contributed by atoms with E-state index in [-0.39, 0.29) is 24.4 Å². The van der Waals surface area contributed by atoms with Gasteiger partial charge < -0.3 is 29.9 Å². The zero-order chi connectivity index (χ0) is 27.6. The monoisotopic (exact) mass is 544 g/mol. The van der Waals surface area contributed by atoms with Gasteiger partial charge in [-0.25, -0.2) is 4.98 Å². The lowest BCUT2D eigenvalue weighted by Crippen LogP contribution is -2.54. The number of aromatic nitrogens is 4. The summed E-state index contributed by atoms with van der Waals surface area (Å²) in [5, 5.41) is 9.51. The van der Waals surface area contributed by atoms with E-state index in [1.165, 1.54) is 0 Å². The van der Waals surface area contributed by atoms with Crippen LogP contribution in [0.4, 0.5) is 17.5 Å². The lowest BCUT2D eigenvalue weighted by Gasteiger charge is -2.42. The van der Waals surface area contributed by atoms with E-state index in [9.17, 15) is 5.26 Å². The Balaban J connectivity index is 1.08. The molecule has 3 fully saturated rings. The smallest absolute Gasteiger partial charge is 0.227 e. The summed E-state index contributed by atoms with van der Waals surface area (Å²) >= 11 is 0. The van der Waals surface area contributed by atoms with Gasteiger partial charge in [-0.1, -0.05) is 0 Å². The van der Waals surface area contributed by atoms with Crippen LogP contribution >= 0.6 is 0 Å². The lowest BCUT2D eigenvalue weighted by atomic mass is 10.1. The highest BCUT2D eigenvalue weighted by molar-refractivity contribution is 5.92. The highest BCUT2D eigenvalue weighted by Crippen LogP contribution is 2.29. The molecule has 12 nitrogen and oxygen atoms in total.